The van der Waals surface area contributed by atoms with Crippen LogP contribution in [0.4, 0.5) is 5.82 Å². The first-order chi connectivity index (χ1) is 18.6. The fourth-order valence-corrected chi connectivity index (χ4v) is 4.90. The second kappa shape index (κ2) is 9.98. The third-order valence-electron chi connectivity index (χ3n) is 7.04. The van der Waals surface area contributed by atoms with Crippen LogP contribution in [0.1, 0.15) is 19.3 Å². The van der Waals surface area contributed by atoms with Gasteiger partial charge in [-0.2, -0.15) is 10.4 Å². The smallest absolute Gasteiger partial charge is 0.264 e. The minimum atomic E-state index is -0.169. The predicted octanol–water partition coefficient (Wildman–Crippen LogP) is 4.58. The molecule has 0 bridgehead atoms. The number of carbonyl (C=O) groups is 1. The minimum absolute atomic E-state index is 0.169. The third kappa shape index (κ3) is 4.81. The lowest BCUT2D eigenvalue weighted by atomic mass is 10.1. The number of nitrogens with zero attached hydrogens (tertiary/aromatic N) is 6. The molecule has 9 nitrogen and oxygen atoms in total. The number of likely N-dealkylation sites (tertiary alicyclic amines) is 1. The van der Waals surface area contributed by atoms with Gasteiger partial charge in [0.1, 0.15) is 41.0 Å². The van der Waals surface area contributed by atoms with Gasteiger partial charge in [-0.1, -0.05) is 24.3 Å². The van der Waals surface area contributed by atoms with Gasteiger partial charge in [0.2, 0.25) is 0 Å². The van der Waals surface area contributed by atoms with Gasteiger partial charge in [-0.3, -0.25) is 4.79 Å². The fourth-order valence-electron chi connectivity index (χ4n) is 4.90. The number of fused-ring (bicyclic) bond motifs is 1. The molecule has 1 saturated heterocycles. The Bertz CT molecular complexity index is 1550. The summed E-state index contributed by atoms with van der Waals surface area (Å²) in [6.07, 6.45) is 6.23. The van der Waals surface area contributed by atoms with E-state index in [0.29, 0.717) is 48.1 Å². The summed E-state index contributed by atoms with van der Waals surface area (Å²) in [7, 11) is 0. The maximum atomic E-state index is 12.9. The van der Waals surface area contributed by atoms with E-state index in [1.807, 2.05) is 65.4 Å². The van der Waals surface area contributed by atoms with Crippen LogP contribution in [0, 0.1) is 23.2 Å². The SMILES string of the molecule is N#C/C(=C\C1CC1)C(=O)N1CCC(Cn2nc(-c3ccc(Oc4ccccc4)cc3)c3c(N)ncnc32)C1. The van der Waals surface area contributed by atoms with E-state index in [-0.39, 0.29) is 17.4 Å². The summed E-state index contributed by atoms with van der Waals surface area (Å²) in [6, 6.07) is 19.4. The van der Waals surface area contributed by atoms with Crippen LogP contribution in [0.3, 0.4) is 0 Å². The van der Waals surface area contributed by atoms with Crippen LogP contribution in [0.2, 0.25) is 0 Å². The highest BCUT2D eigenvalue weighted by Crippen LogP contribution is 2.34. The first kappa shape index (κ1) is 23.7. The van der Waals surface area contributed by atoms with Gasteiger partial charge >= 0.3 is 0 Å². The van der Waals surface area contributed by atoms with Crippen LogP contribution < -0.4 is 10.5 Å². The van der Waals surface area contributed by atoms with Crippen molar-refractivity contribution in [3.05, 3.63) is 72.6 Å². The molecule has 2 aromatic heterocycles. The number of para-hydroxylation sites is 1. The van der Waals surface area contributed by atoms with Crippen molar-refractivity contribution in [3.63, 3.8) is 0 Å². The molecule has 1 amide bonds. The molecule has 1 atom stereocenters. The standard InChI is InChI=1S/C29H27N7O2/c30-15-22(14-19-6-7-19)29(37)35-13-12-20(16-35)17-36-28-25(27(31)32-18-33-28)26(34-36)21-8-10-24(11-9-21)38-23-4-2-1-3-5-23/h1-5,8-11,14,18-20H,6-7,12-13,16-17H2,(H2,31,32,33)/b22-14+. The molecule has 1 aliphatic heterocycles. The van der Waals surface area contributed by atoms with Crippen molar-refractivity contribution >= 4 is 22.8 Å². The third-order valence-corrected chi connectivity index (χ3v) is 7.04. The minimum Gasteiger partial charge on any atom is -0.457 e. The summed E-state index contributed by atoms with van der Waals surface area (Å²) in [5.41, 5.74) is 8.79. The van der Waals surface area contributed by atoms with E-state index >= 15 is 0 Å². The molecular formula is C29H27N7O2. The number of anilines is 1. The van der Waals surface area contributed by atoms with Crippen LogP contribution in [0.25, 0.3) is 22.3 Å². The van der Waals surface area contributed by atoms with E-state index in [1.54, 1.807) is 4.90 Å². The van der Waals surface area contributed by atoms with E-state index in [2.05, 4.69) is 16.0 Å². The van der Waals surface area contributed by atoms with Crippen molar-refractivity contribution in [1.82, 2.24) is 24.6 Å². The van der Waals surface area contributed by atoms with Gasteiger partial charge in [-0.25, -0.2) is 14.6 Å². The van der Waals surface area contributed by atoms with E-state index in [0.717, 1.165) is 36.3 Å². The number of benzene rings is 2. The molecule has 1 saturated carbocycles. The van der Waals surface area contributed by atoms with Crippen LogP contribution in [-0.4, -0.2) is 43.6 Å². The molecule has 38 heavy (non-hydrogen) atoms. The summed E-state index contributed by atoms with van der Waals surface area (Å²) in [4.78, 5) is 23.4. The first-order valence-corrected chi connectivity index (χ1v) is 12.8. The number of nitrogens with two attached hydrogens (primary N) is 1. The van der Waals surface area contributed by atoms with Gasteiger partial charge in [0.05, 0.1) is 5.39 Å². The molecule has 9 heteroatoms. The molecule has 6 rings (SSSR count). The monoisotopic (exact) mass is 505 g/mol. The Morgan fingerprint density at radius 3 is 2.58 bits per heavy atom. The summed E-state index contributed by atoms with van der Waals surface area (Å²) in [5, 5.41) is 15.1. The Morgan fingerprint density at radius 1 is 1.08 bits per heavy atom. The van der Waals surface area contributed by atoms with Crippen molar-refractivity contribution in [1.29, 1.82) is 5.26 Å². The molecule has 190 valence electrons. The molecular weight excluding hydrogens is 478 g/mol. The number of ether oxygens (including phenoxy) is 1. The van der Waals surface area contributed by atoms with Crippen molar-refractivity contribution in [2.45, 2.75) is 25.8 Å². The average Bonchev–Trinajstić information content (AvgIpc) is 3.51. The highest BCUT2D eigenvalue weighted by atomic mass is 16.5. The molecule has 0 radical (unpaired) electrons. The average molecular weight is 506 g/mol. The Morgan fingerprint density at radius 2 is 1.84 bits per heavy atom. The van der Waals surface area contributed by atoms with Crippen LogP contribution >= 0.6 is 0 Å². The number of hydrogen-bond acceptors (Lipinski definition) is 7. The van der Waals surface area contributed by atoms with Crippen LogP contribution in [0.5, 0.6) is 11.5 Å². The van der Waals surface area contributed by atoms with E-state index in [9.17, 15) is 10.1 Å². The fraction of sp³-hybridized carbons (Fsp3) is 0.276. The number of amides is 1. The first-order valence-electron chi connectivity index (χ1n) is 12.8. The van der Waals surface area contributed by atoms with Crippen molar-refractivity contribution in [3.8, 4) is 28.8 Å². The normalized spacial score (nSPS) is 17.5. The predicted molar refractivity (Wildman–Crippen MR) is 143 cm³/mol. The number of allylic oxidation sites excluding steroid dienone is 1. The molecule has 2 aromatic carbocycles. The van der Waals surface area contributed by atoms with Crippen molar-refractivity contribution in [2.75, 3.05) is 18.8 Å². The van der Waals surface area contributed by atoms with Crippen LogP contribution in [0.15, 0.2) is 72.6 Å². The summed E-state index contributed by atoms with van der Waals surface area (Å²) >= 11 is 0. The van der Waals surface area contributed by atoms with E-state index in [1.165, 1.54) is 6.33 Å². The number of rotatable bonds is 7. The van der Waals surface area contributed by atoms with Gasteiger partial charge in [0.25, 0.3) is 5.91 Å². The molecule has 1 aliphatic carbocycles. The largest absolute Gasteiger partial charge is 0.457 e. The van der Waals surface area contributed by atoms with Crippen LogP contribution in [-0.2, 0) is 11.3 Å². The zero-order valence-electron chi connectivity index (χ0n) is 20.8. The molecule has 1 unspecified atom stereocenters. The molecule has 0 spiro atoms. The Kier molecular flexibility index (Phi) is 6.22. The van der Waals surface area contributed by atoms with Gasteiger partial charge in [0.15, 0.2) is 5.65 Å². The van der Waals surface area contributed by atoms with E-state index < -0.39 is 0 Å². The number of nitriles is 1. The lowest BCUT2D eigenvalue weighted by Gasteiger charge is -2.16. The molecule has 2 aliphatic rings. The topological polar surface area (TPSA) is 123 Å². The number of aromatic nitrogens is 4. The number of nitrogen functional groups attached to an aromatic ring is 1. The molecule has 4 aromatic rings. The lowest BCUT2D eigenvalue weighted by Crippen LogP contribution is -2.30. The number of carbonyl (C=O) groups excluding carboxylic acids is 1. The maximum Gasteiger partial charge on any atom is 0.264 e. The van der Waals surface area contributed by atoms with Crippen molar-refractivity contribution in [2.24, 2.45) is 11.8 Å². The molecule has 2 N–H and O–H groups in total. The van der Waals surface area contributed by atoms with Crippen molar-refractivity contribution < 1.29 is 9.53 Å². The maximum absolute atomic E-state index is 12.9. The molecule has 2 fully saturated rings. The zero-order chi connectivity index (χ0) is 26.1. The second-order valence-corrected chi connectivity index (χ2v) is 9.86. The van der Waals surface area contributed by atoms with Gasteiger partial charge in [0, 0.05) is 25.2 Å². The quantitative estimate of drug-likeness (QED) is 0.288. The number of hydrogen-bond donors (Lipinski definition) is 1. The second-order valence-electron chi connectivity index (χ2n) is 9.86. The highest BCUT2D eigenvalue weighted by molar-refractivity contribution is 5.98. The van der Waals surface area contributed by atoms with Gasteiger partial charge < -0.3 is 15.4 Å². The van der Waals surface area contributed by atoms with E-state index in [4.69, 9.17) is 15.6 Å². The Balaban J connectivity index is 1.22. The molecule has 3 heterocycles. The summed E-state index contributed by atoms with van der Waals surface area (Å²) < 4.78 is 7.78. The lowest BCUT2D eigenvalue weighted by molar-refractivity contribution is -0.125. The van der Waals surface area contributed by atoms with Gasteiger partial charge in [-0.15, -0.1) is 0 Å². The van der Waals surface area contributed by atoms with Gasteiger partial charge in [-0.05, 0) is 67.5 Å². The Hall–Kier alpha value is -4.71. The highest BCUT2D eigenvalue weighted by Gasteiger charge is 2.31. The zero-order valence-corrected chi connectivity index (χ0v) is 20.8. The summed E-state index contributed by atoms with van der Waals surface area (Å²) in [5.74, 6) is 2.25. The Labute approximate surface area is 220 Å². The summed E-state index contributed by atoms with van der Waals surface area (Å²) in [6.45, 7) is 1.78.